The molecule has 0 heterocycles. The minimum absolute atomic E-state index is 0.218. The zero-order chi connectivity index (χ0) is 21.9. The van der Waals surface area contributed by atoms with Crippen LogP contribution in [0.3, 0.4) is 0 Å². The second kappa shape index (κ2) is 12.2. The highest BCUT2D eigenvalue weighted by Crippen LogP contribution is 2.28. The maximum Gasteiger partial charge on any atom is 0.276 e. The van der Waals surface area contributed by atoms with Crippen LogP contribution in [0.2, 0.25) is 0 Å². The second-order valence-electron chi connectivity index (χ2n) is 7.22. The molecule has 0 saturated carbocycles. The van der Waals surface area contributed by atoms with E-state index in [2.05, 4.69) is 47.6 Å². The lowest BCUT2D eigenvalue weighted by Crippen LogP contribution is -2.43. The van der Waals surface area contributed by atoms with Crippen LogP contribution in [0.1, 0.15) is 61.9 Å². The average molecular weight is 477 g/mol. The van der Waals surface area contributed by atoms with Gasteiger partial charge in [-0.1, -0.05) is 39.7 Å². The van der Waals surface area contributed by atoms with E-state index in [1.54, 1.807) is 24.3 Å². The first-order chi connectivity index (χ1) is 14.4. The molecule has 6 nitrogen and oxygen atoms in total. The molecule has 2 aromatic carbocycles. The number of amides is 2. The van der Waals surface area contributed by atoms with Crippen LogP contribution in [0.5, 0.6) is 11.5 Å². The minimum atomic E-state index is -0.459. The normalized spacial score (nSPS) is 10.6. The molecule has 0 bridgehead atoms. The van der Waals surface area contributed by atoms with Gasteiger partial charge in [0.25, 0.3) is 11.8 Å². The fraction of sp³-hybridized carbons (Fsp3) is 0.391. The molecule has 0 atom stereocenters. The zero-order valence-electron chi connectivity index (χ0n) is 17.7. The van der Waals surface area contributed by atoms with Gasteiger partial charge in [0, 0.05) is 5.56 Å². The SMILES string of the molecule is CCCCCOc1ccc(C(=O)NNC(=O)COc2ccc(C(C)C)cc2Br)cc1. The third-order valence-electron chi connectivity index (χ3n) is 4.43. The molecule has 7 heteroatoms. The van der Waals surface area contributed by atoms with E-state index in [4.69, 9.17) is 9.47 Å². The average Bonchev–Trinajstić information content (AvgIpc) is 2.74. The van der Waals surface area contributed by atoms with Crippen LogP contribution in [-0.4, -0.2) is 25.0 Å². The Morgan fingerprint density at radius 2 is 1.73 bits per heavy atom. The molecule has 30 heavy (non-hydrogen) atoms. The minimum Gasteiger partial charge on any atom is -0.494 e. The molecule has 0 fully saturated rings. The summed E-state index contributed by atoms with van der Waals surface area (Å²) in [5, 5.41) is 0. The van der Waals surface area contributed by atoms with E-state index in [1.807, 2.05) is 18.2 Å². The number of nitrogens with one attached hydrogen (secondary N) is 2. The fourth-order valence-corrected chi connectivity index (χ4v) is 3.13. The highest BCUT2D eigenvalue weighted by atomic mass is 79.9. The van der Waals surface area contributed by atoms with Gasteiger partial charge in [-0.2, -0.15) is 0 Å². The first-order valence-electron chi connectivity index (χ1n) is 10.1. The van der Waals surface area contributed by atoms with Crippen LogP contribution in [-0.2, 0) is 4.79 Å². The van der Waals surface area contributed by atoms with E-state index in [-0.39, 0.29) is 6.61 Å². The van der Waals surface area contributed by atoms with E-state index < -0.39 is 11.8 Å². The Kier molecular flexibility index (Phi) is 9.67. The molecule has 0 aromatic heterocycles. The third-order valence-corrected chi connectivity index (χ3v) is 5.05. The Bertz CT molecular complexity index is 838. The van der Waals surface area contributed by atoms with Crippen molar-refractivity contribution in [1.82, 2.24) is 10.9 Å². The number of halogens is 1. The van der Waals surface area contributed by atoms with Gasteiger partial charge in [-0.05, 0) is 70.2 Å². The Morgan fingerprint density at radius 3 is 2.37 bits per heavy atom. The number of hydrogen-bond acceptors (Lipinski definition) is 4. The topological polar surface area (TPSA) is 76.7 Å². The summed E-state index contributed by atoms with van der Waals surface area (Å²) >= 11 is 3.45. The summed E-state index contributed by atoms with van der Waals surface area (Å²) in [6.45, 7) is 6.79. The van der Waals surface area contributed by atoms with Gasteiger partial charge in [-0.25, -0.2) is 0 Å². The van der Waals surface area contributed by atoms with Crippen molar-refractivity contribution in [2.75, 3.05) is 13.2 Å². The smallest absolute Gasteiger partial charge is 0.276 e. The summed E-state index contributed by atoms with van der Waals surface area (Å²) < 4.78 is 11.9. The molecule has 2 amide bonds. The summed E-state index contributed by atoms with van der Waals surface area (Å²) in [6, 6.07) is 12.5. The molecule has 2 N–H and O–H groups in total. The molecule has 0 radical (unpaired) electrons. The van der Waals surface area contributed by atoms with E-state index in [9.17, 15) is 9.59 Å². The van der Waals surface area contributed by atoms with Crippen LogP contribution in [0, 0.1) is 0 Å². The first kappa shape index (κ1) is 23.7. The maximum absolute atomic E-state index is 12.2. The summed E-state index contributed by atoms with van der Waals surface area (Å²) in [4.78, 5) is 24.2. The number of carbonyl (C=O) groups excluding carboxylic acids is 2. The van der Waals surface area contributed by atoms with E-state index >= 15 is 0 Å². The maximum atomic E-state index is 12.2. The molecule has 0 aliphatic rings. The number of hydrazine groups is 1. The van der Waals surface area contributed by atoms with Crippen LogP contribution < -0.4 is 20.3 Å². The number of ether oxygens (including phenoxy) is 2. The van der Waals surface area contributed by atoms with Crippen molar-refractivity contribution in [3.8, 4) is 11.5 Å². The van der Waals surface area contributed by atoms with Crippen molar-refractivity contribution in [3.05, 3.63) is 58.1 Å². The van der Waals surface area contributed by atoms with Crippen LogP contribution >= 0.6 is 15.9 Å². The molecular formula is C23H29BrN2O4. The molecule has 0 aliphatic carbocycles. The molecular weight excluding hydrogens is 448 g/mol. The lowest BCUT2D eigenvalue weighted by Gasteiger charge is -2.12. The van der Waals surface area contributed by atoms with Gasteiger partial charge in [0.05, 0.1) is 11.1 Å². The van der Waals surface area contributed by atoms with Crippen LogP contribution in [0.25, 0.3) is 0 Å². The molecule has 0 aliphatic heterocycles. The van der Waals surface area contributed by atoms with Gasteiger partial charge in [-0.3, -0.25) is 20.4 Å². The number of rotatable bonds is 10. The quantitative estimate of drug-likeness (QED) is 0.374. The monoisotopic (exact) mass is 476 g/mol. The van der Waals surface area contributed by atoms with Gasteiger partial charge >= 0.3 is 0 Å². The summed E-state index contributed by atoms with van der Waals surface area (Å²) in [7, 11) is 0. The number of hydrogen-bond donors (Lipinski definition) is 2. The molecule has 162 valence electrons. The van der Waals surface area contributed by atoms with E-state index in [0.29, 0.717) is 29.6 Å². The first-order valence-corrected chi connectivity index (χ1v) is 10.9. The highest BCUT2D eigenvalue weighted by molar-refractivity contribution is 9.10. The molecule has 0 unspecified atom stereocenters. The predicted octanol–water partition coefficient (Wildman–Crippen LogP) is 4.98. The Balaban J connectivity index is 1.75. The van der Waals surface area contributed by atoms with Crippen molar-refractivity contribution in [1.29, 1.82) is 0 Å². The fourth-order valence-electron chi connectivity index (χ4n) is 2.62. The lowest BCUT2D eigenvalue weighted by molar-refractivity contribution is -0.123. The van der Waals surface area contributed by atoms with Gasteiger partial charge in [0.15, 0.2) is 6.61 Å². The number of benzene rings is 2. The highest BCUT2D eigenvalue weighted by Gasteiger charge is 2.10. The van der Waals surface area contributed by atoms with Crippen molar-refractivity contribution in [2.45, 2.75) is 46.0 Å². The van der Waals surface area contributed by atoms with Crippen molar-refractivity contribution >= 4 is 27.7 Å². The van der Waals surface area contributed by atoms with Crippen LogP contribution in [0.4, 0.5) is 0 Å². The van der Waals surface area contributed by atoms with Gasteiger partial charge in [0.1, 0.15) is 11.5 Å². The molecule has 0 spiro atoms. The summed E-state index contributed by atoms with van der Waals surface area (Å²) in [5.41, 5.74) is 6.33. The predicted molar refractivity (Wildman–Crippen MR) is 121 cm³/mol. The summed E-state index contributed by atoms with van der Waals surface area (Å²) in [5.74, 6) is 0.808. The number of unbranched alkanes of at least 4 members (excludes halogenated alkanes) is 2. The molecule has 2 aromatic rings. The van der Waals surface area contributed by atoms with E-state index in [1.165, 1.54) is 5.56 Å². The van der Waals surface area contributed by atoms with Gasteiger partial charge in [0.2, 0.25) is 0 Å². The van der Waals surface area contributed by atoms with Crippen molar-refractivity contribution in [2.24, 2.45) is 0 Å². The van der Waals surface area contributed by atoms with Crippen molar-refractivity contribution < 1.29 is 19.1 Å². The standard InChI is InChI=1S/C23H29BrN2O4/c1-4-5-6-13-29-19-10-7-17(8-11-19)23(28)26-25-22(27)15-30-21-12-9-18(16(2)3)14-20(21)24/h7-12,14,16H,4-6,13,15H2,1-3H3,(H,25,27)(H,26,28). The Labute approximate surface area is 186 Å². The van der Waals surface area contributed by atoms with Crippen LogP contribution in [0.15, 0.2) is 46.9 Å². The third kappa shape index (κ3) is 7.71. The van der Waals surface area contributed by atoms with Crippen molar-refractivity contribution in [3.63, 3.8) is 0 Å². The van der Waals surface area contributed by atoms with Gasteiger partial charge in [-0.15, -0.1) is 0 Å². The Hall–Kier alpha value is -2.54. The zero-order valence-corrected chi connectivity index (χ0v) is 19.3. The van der Waals surface area contributed by atoms with E-state index in [0.717, 1.165) is 23.7 Å². The lowest BCUT2D eigenvalue weighted by atomic mass is 10.0. The molecule has 0 saturated heterocycles. The molecule has 2 rings (SSSR count). The number of carbonyl (C=O) groups is 2. The van der Waals surface area contributed by atoms with Gasteiger partial charge < -0.3 is 9.47 Å². The largest absolute Gasteiger partial charge is 0.494 e. The Morgan fingerprint density at radius 1 is 1.00 bits per heavy atom. The second-order valence-corrected chi connectivity index (χ2v) is 8.07. The summed E-state index contributed by atoms with van der Waals surface area (Å²) in [6.07, 6.45) is 3.27.